The molecule has 0 aliphatic carbocycles. The van der Waals surface area contributed by atoms with Crippen LogP contribution in [0.4, 0.5) is 5.69 Å². The number of benzene rings is 1. The first kappa shape index (κ1) is 20.6. The smallest absolute Gasteiger partial charge is 0.263 e. The number of nitrogens with one attached hydrogen (secondary N) is 2. The van der Waals surface area contributed by atoms with Gasteiger partial charge in [0.1, 0.15) is 10.7 Å². The van der Waals surface area contributed by atoms with Crippen LogP contribution in [-0.2, 0) is 17.8 Å². The molecule has 2 N–H and O–H groups in total. The molecule has 0 spiro atoms. The summed E-state index contributed by atoms with van der Waals surface area (Å²) in [6.45, 7) is 0.552. The van der Waals surface area contributed by atoms with Gasteiger partial charge in [0.2, 0.25) is 5.91 Å². The number of aromatic nitrogens is 2. The van der Waals surface area contributed by atoms with Crippen LogP contribution >= 0.6 is 11.6 Å². The Kier molecular flexibility index (Phi) is 5.95. The standard InChI is InChI=1S/C23H19ClN4O3/c24-20-8-6-16(13-26-20)14-28-10-2-4-18(23(28)31)22(30)25-9-1-3-15-5-7-17-12-21(29)27-19(17)11-15/h1-8,10-11,13H,9,12,14H2,(H,25,30)(H,27,29)/b3-1+. The largest absolute Gasteiger partial charge is 0.348 e. The summed E-state index contributed by atoms with van der Waals surface area (Å²) in [6.07, 6.45) is 7.26. The van der Waals surface area contributed by atoms with Gasteiger partial charge in [-0.25, -0.2) is 4.98 Å². The van der Waals surface area contributed by atoms with Crippen molar-refractivity contribution in [3.8, 4) is 0 Å². The van der Waals surface area contributed by atoms with E-state index in [4.69, 9.17) is 11.6 Å². The van der Waals surface area contributed by atoms with E-state index in [1.165, 1.54) is 10.6 Å². The van der Waals surface area contributed by atoms with Gasteiger partial charge in [-0.15, -0.1) is 0 Å². The highest BCUT2D eigenvalue weighted by Gasteiger charge is 2.16. The van der Waals surface area contributed by atoms with Gasteiger partial charge in [-0.2, -0.15) is 0 Å². The fraction of sp³-hybridized carbons (Fsp3) is 0.130. The van der Waals surface area contributed by atoms with E-state index in [9.17, 15) is 14.4 Å². The summed E-state index contributed by atoms with van der Waals surface area (Å²) in [4.78, 5) is 40.6. The van der Waals surface area contributed by atoms with E-state index in [0.29, 0.717) is 18.1 Å². The summed E-state index contributed by atoms with van der Waals surface area (Å²) in [5.41, 5.74) is 3.19. The Morgan fingerprint density at radius 1 is 1.23 bits per heavy atom. The van der Waals surface area contributed by atoms with Crippen molar-refractivity contribution >= 4 is 35.2 Å². The summed E-state index contributed by atoms with van der Waals surface area (Å²) in [7, 11) is 0. The Hall–Kier alpha value is -3.71. The molecule has 0 unspecified atom stereocenters. The third kappa shape index (κ3) is 4.90. The van der Waals surface area contributed by atoms with Crippen molar-refractivity contribution in [3.63, 3.8) is 0 Å². The van der Waals surface area contributed by atoms with E-state index < -0.39 is 5.91 Å². The molecule has 0 saturated carbocycles. The molecular formula is C23H19ClN4O3. The molecule has 0 atom stereocenters. The minimum atomic E-state index is -0.445. The molecule has 1 aliphatic heterocycles. The van der Waals surface area contributed by atoms with Gasteiger partial charge in [0.05, 0.1) is 13.0 Å². The van der Waals surface area contributed by atoms with Crippen LogP contribution in [0.15, 0.2) is 65.7 Å². The van der Waals surface area contributed by atoms with Crippen molar-refractivity contribution in [2.24, 2.45) is 0 Å². The molecule has 0 radical (unpaired) electrons. The van der Waals surface area contributed by atoms with Crippen LogP contribution in [0.25, 0.3) is 6.08 Å². The van der Waals surface area contributed by atoms with Crippen LogP contribution in [0.5, 0.6) is 0 Å². The Bertz CT molecular complexity index is 1230. The number of carbonyl (C=O) groups excluding carboxylic acids is 2. The van der Waals surface area contributed by atoms with Crippen molar-refractivity contribution in [2.75, 3.05) is 11.9 Å². The van der Waals surface area contributed by atoms with E-state index >= 15 is 0 Å². The quantitative estimate of drug-likeness (QED) is 0.583. The maximum absolute atomic E-state index is 12.7. The van der Waals surface area contributed by atoms with Gasteiger partial charge in [0.25, 0.3) is 11.5 Å². The first-order valence-electron chi connectivity index (χ1n) is 9.67. The number of amides is 2. The highest BCUT2D eigenvalue weighted by molar-refractivity contribution is 6.29. The van der Waals surface area contributed by atoms with Gasteiger partial charge >= 0.3 is 0 Å². The number of halogens is 1. The van der Waals surface area contributed by atoms with E-state index in [0.717, 1.165) is 22.4 Å². The molecule has 4 rings (SSSR count). The highest BCUT2D eigenvalue weighted by atomic mass is 35.5. The average Bonchev–Trinajstić information content (AvgIpc) is 3.13. The number of nitrogens with zero attached hydrogens (tertiary/aromatic N) is 2. The second-order valence-electron chi connectivity index (χ2n) is 7.10. The molecule has 2 amide bonds. The van der Waals surface area contributed by atoms with Crippen LogP contribution in [0, 0.1) is 0 Å². The summed E-state index contributed by atoms with van der Waals surface area (Å²) >= 11 is 5.79. The van der Waals surface area contributed by atoms with Gasteiger partial charge < -0.3 is 15.2 Å². The molecule has 1 aliphatic rings. The molecule has 31 heavy (non-hydrogen) atoms. The van der Waals surface area contributed by atoms with Gasteiger partial charge in [-0.05, 0) is 41.0 Å². The zero-order chi connectivity index (χ0) is 21.8. The molecule has 8 heteroatoms. The zero-order valence-corrected chi connectivity index (χ0v) is 17.2. The summed E-state index contributed by atoms with van der Waals surface area (Å²) in [5, 5.41) is 5.92. The molecule has 0 fully saturated rings. The predicted octanol–water partition coefficient (Wildman–Crippen LogP) is 2.88. The lowest BCUT2D eigenvalue weighted by Gasteiger charge is -2.08. The summed E-state index contributed by atoms with van der Waals surface area (Å²) in [5.74, 6) is -0.455. The van der Waals surface area contributed by atoms with Crippen LogP contribution in [0.2, 0.25) is 5.15 Å². The van der Waals surface area contributed by atoms with E-state index in [2.05, 4.69) is 15.6 Å². The van der Waals surface area contributed by atoms with E-state index in [1.54, 1.807) is 36.7 Å². The van der Waals surface area contributed by atoms with Crippen molar-refractivity contribution in [2.45, 2.75) is 13.0 Å². The zero-order valence-electron chi connectivity index (χ0n) is 16.5. The molecule has 2 aromatic heterocycles. The maximum atomic E-state index is 12.7. The fourth-order valence-electron chi connectivity index (χ4n) is 3.31. The molecular weight excluding hydrogens is 416 g/mol. The lowest BCUT2D eigenvalue weighted by atomic mass is 10.1. The normalized spacial score (nSPS) is 12.6. The van der Waals surface area contributed by atoms with Crippen LogP contribution < -0.4 is 16.2 Å². The molecule has 156 valence electrons. The van der Waals surface area contributed by atoms with Gasteiger partial charge in [0, 0.05) is 24.6 Å². The van der Waals surface area contributed by atoms with E-state index in [-0.39, 0.29) is 23.6 Å². The molecule has 1 aromatic carbocycles. The predicted molar refractivity (Wildman–Crippen MR) is 119 cm³/mol. The Labute approximate surface area is 183 Å². The lowest BCUT2D eigenvalue weighted by Crippen LogP contribution is -2.33. The molecule has 0 bridgehead atoms. The average molecular weight is 435 g/mol. The number of anilines is 1. The summed E-state index contributed by atoms with van der Waals surface area (Å²) < 4.78 is 1.45. The number of hydrogen-bond acceptors (Lipinski definition) is 4. The molecule has 3 heterocycles. The summed E-state index contributed by atoms with van der Waals surface area (Å²) in [6, 6.07) is 12.3. The highest BCUT2D eigenvalue weighted by Crippen LogP contribution is 2.24. The molecule has 0 saturated heterocycles. The number of carbonyl (C=O) groups is 2. The fourth-order valence-corrected chi connectivity index (χ4v) is 3.42. The SMILES string of the molecule is O=C1Cc2ccc(/C=C/CNC(=O)c3cccn(Cc4ccc(Cl)nc4)c3=O)cc2N1. The van der Waals surface area contributed by atoms with Gasteiger partial charge in [0.15, 0.2) is 0 Å². The van der Waals surface area contributed by atoms with Crippen molar-refractivity contribution in [1.82, 2.24) is 14.9 Å². The number of rotatable bonds is 6. The van der Waals surface area contributed by atoms with Crippen molar-refractivity contribution < 1.29 is 9.59 Å². The number of hydrogen-bond donors (Lipinski definition) is 2. The number of fused-ring (bicyclic) bond motifs is 1. The first-order valence-corrected chi connectivity index (χ1v) is 10.0. The second-order valence-corrected chi connectivity index (χ2v) is 7.49. The van der Waals surface area contributed by atoms with Crippen molar-refractivity contribution in [3.05, 3.63) is 98.7 Å². The van der Waals surface area contributed by atoms with Gasteiger partial charge in [-0.1, -0.05) is 42.0 Å². The Morgan fingerprint density at radius 3 is 2.90 bits per heavy atom. The van der Waals surface area contributed by atoms with Crippen LogP contribution in [-0.4, -0.2) is 27.9 Å². The second kappa shape index (κ2) is 8.97. The van der Waals surface area contributed by atoms with Crippen LogP contribution in [0.3, 0.4) is 0 Å². The minimum Gasteiger partial charge on any atom is -0.348 e. The van der Waals surface area contributed by atoms with Crippen molar-refractivity contribution in [1.29, 1.82) is 0 Å². The monoisotopic (exact) mass is 434 g/mol. The molecule has 7 nitrogen and oxygen atoms in total. The Balaban J connectivity index is 1.38. The third-order valence-electron chi connectivity index (χ3n) is 4.86. The topological polar surface area (TPSA) is 93.1 Å². The number of pyridine rings is 2. The maximum Gasteiger partial charge on any atom is 0.263 e. The van der Waals surface area contributed by atoms with E-state index in [1.807, 2.05) is 24.3 Å². The first-order chi connectivity index (χ1) is 15.0. The minimum absolute atomic E-state index is 0.00997. The van der Waals surface area contributed by atoms with Gasteiger partial charge in [-0.3, -0.25) is 14.4 Å². The Morgan fingerprint density at radius 2 is 2.10 bits per heavy atom. The third-order valence-corrected chi connectivity index (χ3v) is 5.08. The van der Waals surface area contributed by atoms with Crippen LogP contribution in [0.1, 0.15) is 27.0 Å². The lowest BCUT2D eigenvalue weighted by molar-refractivity contribution is -0.115. The molecule has 3 aromatic rings.